The number of aryl methyl sites for hydroxylation is 2. The summed E-state index contributed by atoms with van der Waals surface area (Å²) in [6.45, 7) is 1.79. The van der Waals surface area contributed by atoms with E-state index in [4.69, 9.17) is 0 Å². The minimum atomic E-state index is -4.61. The van der Waals surface area contributed by atoms with Gasteiger partial charge in [0, 0.05) is 23.7 Å². The molecule has 0 unspecified atom stereocenters. The molecule has 0 radical (unpaired) electrons. The fourth-order valence-corrected chi connectivity index (χ4v) is 3.28. The fraction of sp³-hybridized carbons (Fsp3) is 0.176. The molecule has 0 fully saturated rings. The number of hydrogen-bond acceptors (Lipinski definition) is 3. The van der Waals surface area contributed by atoms with Crippen molar-refractivity contribution in [1.29, 1.82) is 0 Å². The quantitative estimate of drug-likeness (QED) is 0.656. The average molecular weight is 383 g/mol. The van der Waals surface area contributed by atoms with Crippen LogP contribution in [0.15, 0.2) is 35.0 Å². The number of alkyl halides is 3. The van der Waals surface area contributed by atoms with Crippen LogP contribution in [0, 0.1) is 12.7 Å². The van der Waals surface area contributed by atoms with Crippen LogP contribution in [-0.2, 0) is 13.2 Å². The fourth-order valence-electron chi connectivity index (χ4n) is 2.45. The summed E-state index contributed by atoms with van der Waals surface area (Å²) in [5, 5.41) is 9.45. The van der Waals surface area contributed by atoms with Gasteiger partial charge in [-0.05, 0) is 42.1 Å². The van der Waals surface area contributed by atoms with Crippen molar-refractivity contribution in [3.63, 3.8) is 0 Å². The summed E-state index contributed by atoms with van der Waals surface area (Å²) in [5.41, 5.74) is 0.349. The molecular formula is C17H13F4N3OS. The van der Waals surface area contributed by atoms with Crippen LogP contribution >= 0.6 is 11.3 Å². The van der Waals surface area contributed by atoms with Crippen LogP contribution in [0.25, 0.3) is 11.3 Å². The summed E-state index contributed by atoms with van der Waals surface area (Å²) in [5.74, 6) is -1.14. The van der Waals surface area contributed by atoms with Crippen molar-refractivity contribution >= 4 is 22.9 Å². The van der Waals surface area contributed by atoms with Crippen molar-refractivity contribution in [1.82, 2.24) is 9.78 Å². The summed E-state index contributed by atoms with van der Waals surface area (Å²) < 4.78 is 53.7. The normalized spacial score (nSPS) is 11.6. The number of rotatable bonds is 3. The van der Waals surface area contributed by atoms with Gasteiger partial charge in [-0.1, -0.05) is 0 Å². The van der Waals surface area contributed by atoms with Gasteiger partial charge in [-0.25, -0.2) is 4.39 Å². The maximum absolute atomic E-state index is 14.4. The molecule has 3 rings (SSSR count). The first-order chi connectivity index (χ1) is 12.2. The van der Waals surface area contributed by atoms with Crippen LogP contribution in [0.1, 0.15) is 21.6 Å². The first kappa shape index (κ1) is 18.1. The number of hydrogen-bond donors (Lipinski definition) is 1. The van der Waals surface area contributed by atoms with Crippen molar-refractivity contribution in [3.8, 4) is 11.3 Å². The van der Waals surface area contributed by atoms with Gasteiger partial charge in [0.05, 0.1) is 11.3 Å². The lowest BCUT2D eigenvalue weighted by Crippen LogP contribution is -2.12. The third kappa shape index (κ3) is 3.48. The van der Waals surface area contributed by atoms with E-state index >= 15 is 0 Å². The van der Waals surface area contributed by atoms with Crippen LogP contribution in [-0.4, -0.2) is 15.7 Å². The smallest absolute Gasteiger partial charge is 0.322 e. The van der Waals surface area contributed by atoms with E-state index in [2.05, 4.69) is 10.4 Å². The second-order valence-electron chi connectivity index (χ2n) is 5.65. The Balaban J connectivity index is 1.88. The molecule has 0 bridgehead atoms. The Hall–Kier alpha value is -2.68. The van der Waals surface area contributed by atoms with Crippen molar-refractivity contribution in [3.05, 3.63) is 57.7 Å². The number of benzene rings is 1. The Morgan fingerprint density at radius 3 is 2.50 bits per heavy atom. The number of aromatic nitrogens is 2. The number of carbonyl (C=O) groups is 1. The predicted molar refractivity (Wildman–Crippen MR) is 90.6 cm³/mol. The van der Waals surface area contributed by atoms with Gasteiger partial charge in [0.2, 0.25) is 0 Å². The van der Waals surface area contributed by atoms with E-state index in [1.165, 1.54) is 30.5 Å². The number of nitrogens with zero attached hydrogens (tertiary/aromatic N) is 2. The molecule has 0 aliphatic rings. The van der Waals surface area contributed by atoms with Crippen LogP contribution in [0.3, 0.4) is 0 Å². The van der Waals surface area contributed by atoms with Crippen molar-refractivity contribution < 1.29 is 22.4 Å². The molecule has 2 heterocycles. The SMILES string of the molecule is Cc1cscc1C(=O)Nc1ccc(-c2cc(C(F)(F)F)nn2C)c(F)c1. The van der Waals surface area contributed by atoms with Crippen LogP contribution < -0.4 is 5.32 Å². The lowest BCUT2D eigenvalue weighted by atomic mass is 10.1. The lowest BCUT2D eigenvalue weighted by Gasteiger charge is -2.08. The molecule has 136 valence electrons. The van der Waals surface area contributed by atoms with E-state index in [0.717, 1.165) is 22.4 Å². The van der Waals surface area contributed by atoms with Gasteiger partial charge in [0.1, 0.15) is 5.82 Å². The molecule has 26 heavy (non-hydrogen) atoms. The molecule has 0 atom stereocenters. The molecule has 4 nitrogen and oxygen atoms in total. The second-order valence-corrected chi connectivity index (χ2v) is 6.40. The topological polar surface area (TPSA) is 46.9 Å². The maximum atomic E-state index is 14.4. The summed E-state index contributed by atoms with van der Waals surface area (Å²) in [6, 6.07) is 4.58. The minimum Gasteiger partial charge on any atom is -0.322 e. The van der Waals surface area contributed by atoms with Crippen LogP contribution in [0.2, 0.25) is 0 Å². The maximum Gasteiger partial charge on any atom is 0.435 e. The Morgan fingerprint density at radius 1 is 1.23 bits per heavy atom. The number of nitrogens with one attached hydrogen (secondary N) is 1. The molecule has 0 aliphatic heterocycles. The molecule has 0 aliphatic carbocycles. The summed E-state index contributed by atoms with van der Waals surface area (Å²) >= 11 is 1.38. The van der Waals surface area contributed by atoms with Crippen molar-refractivity contribution in [2.24, 2.45) is 7.05 Å². The third-order valence-electron chi connectivity index (χ3n) is 3.77. The Bertz CT molecular complexity index is 975. The first-order valence-electron chi connectivity index (χ1n) is 7.42. The van der Waals surface area contributed by atoms with Crippen molar-refractivity contribution in [2.45, 2.75) is 13.1 Å². The molecule has 9 heteroatoms. The molecule has 1 aromatic carbocycles. The minimum absolute atomic E-state index is 0.0126. The van der Waals surface area contributed by atoms with E-state index in [9.17, 15) is 22.4 Å². The second kappa shape index (κ2) is 6.56. The zero-order valence-corrected chi connectivity index (χ0v) is 14.5. The molecule has 3 aromatic rings. The Kier molecular flexibility index (Phi) is 4.57. The number of carbonyl (C=O) groups excluding carboxylic acids is 1. The van der Waals surface area contributed by atoms with E-state index in [0.29, 0.717) is 5.56 Å². The van der Waals surface area contributed by atoms with E-state index < -0.39 is 17.7 Å². The largest absolute Gasteiger partial charge is 0.435 e. The highest BCUT2D eigenvalue weighted by molar-refractivity contribution is 7.08. The number of halogens is 4. The summed E-state index contributed by atoms with van der Waals surface area (Å²) in [6.07, 6.45) is -4.61. The van der Waals surface area contributed by atoms with Gasteiger partial charge < -0.3 is 5.32 Å². The summed E-state index contributed by atoms with van der Waals surface area (Å²) in [7, 11) is 1.30. The zero-order chi connectivity index (χ0) is 19.1. The number of anilines is 1. The molecule has 1 amide bonds. The molecule has 2 aromatic heterocycles. The van der Waals surface area contributed by atoms with Gasteiger partial charge in [-0.2, -0.15) is 29.6 Å². The van der Waals surface area contributed by atoms with Gasteiger partial charge in [0.15, 0.2) is 5.69 Å². The highest BCUT2D eigenvalue weighted by Gasteiger charge is 2.35. The molecule has 1 N–H and O–H groups in total. The summed E-state index contributed by atoms with van der Waals surface area (Å²) in [4.78, 5) is 12.2. The molecule has 0 saturated carbocycles. The standard InChI is InChI=1S/C17H13F4N3OS/c1-9-7-26-8-12(9)16(25)22-10-3-4-11(13(18)5-10)14-6-15(17(19,20)21)23-24(14)2/h3-8H,1-2H3,(H,22,25). The molecule has 0 saturated heterocycles. The Labute approximate surface area is 150 Å². The monoisotopic (exact) mass is 383 g/mol. The molecular weight excluding hydrogens is 370 g/mol. The number of amides is 1. The van der Waals surface area contributed by atoms with Crippen molar-refractivity contribution in [2.75, 3.05) is 5.32 Å². The first-order valence-corrected chi connectivity index (χ1v) is 8.36. The van der Waals surface area contributed by atoms with E-state index in [1.54, 1.807) is 12.3 Å². The average Bonchev–Trinajstić information content (AvgIpc) is 3.13. The molecule has 0 spiro atoms. The lowest BCUT2D eigenvalue weighted by molar-refractivity contribution is -0.141. The van der Waals surface area contributed by atoms with Gasteiger partial charge >= 0.3 is 6.18 Å². The van der Waals surface area contributed by atoms with Crippen LogP contribution in [0.4, 0.5) is 23.2 Å². The van der Waals surface area contributed by atoms with E-state index in [-0.39, 0.29) is 22.9 Å². The Morgan fingerprint density at radius 2 is 1.96 bits per heavy atom. The van der Waals surface area contributed by atoms with Gasteiger partial charge in [-0.15, -0.1) is 0 Å². The highest BCUT2D eigenvalue weighted by Crippen LogP contribution is 2.33. The van der Waals surface area contributed by atoms with Gasteiger partial charge in [-0.3, -0.25) is 9.48 Å². The predicted octanol–water partition coefficient (Wildman–Crippen LogP) is 4.87. The van der Waals surface area contributed by atoms with Crippen LogP contribution in [0.5, 0.6) is 0 Å². The highest BCUT2D eigenvalue weighted by atomic mass is 32.1. The third-order valence-corrected chi connectivity index (χ3v) is 4.63. The van der Waals surface area contributed by atoms with Gasteiger partial charge in [0.25, 0.3) is 5.91 Å². The number of thiophene rings is 1. The van der Waals surface area contributed by atoms with E-state index in [1.807, 2.05) is 5.38 Å². The zero-order valence-electron chi connectivity index (χ0n) is 13.7.